The molecule has 0 spiro atoms. The van der Waals surface area contributed by atoms with E-state index in [4.69, 9.17) is 0 Å². The lowest BCUT2D eigenvalue weighted by molar-refractivity contribution is 0.310. The summed E-state index contributed by atoms with van der Waals surface area (Å²) in [5.74, 6) is 0. The molecule has 0 N–H and O–H groups in total. The molecule has 1 rings (SSSR count). The van der Waals surface area contributed by atoms with E-state index in [-0.39, 0.29) is 0 Å². The van der Waals surface area contributed by atoms with Crippen molar-refractivity contribution >= 4 is 6.72 Å². The van der Waals surface area contributed by atoms with Crippen molar-refractivity contribution in [1.29, 1.82) is 0 Å². The largest absolute Gasteiger partial charge is 0.303 e. The van der Waals surface area contributed by atoms with Gasteiger partial charge in [0.05, 0.1) is 0 Å². The van der Waals surface area contributed by atoms with Crippen LogP contribution in [0.25, 0.3) is 0 Å². The van der Waals surface area contributed by atoms with E-state index in [0.717, 1.165) is 6.42 Å². The van der Waals surface area contributed by atoms with Gasteiger partial charge in [-0.2, -0.15) is 0 Å². The van der Waals surface area contributed by atoms with Crippen molar-refractivity contribution in [2.75, 3.05) is 13.6 Å². The number of hydrogen-bond donors (Lipinski definition) is 0. The summed E-state index contributed by atoms with van der Waals surface area (Å²) in [6.45, 7) is 10.8. The second kappa shape index (κ2) is 9.34. The van der Waals surface area contributed by atoms with E-state index in [1.165, 1.54) is 25.0 Å². The minimum absolute atomic E-state index is 0.694. The van der Waals surface area contributed by atoms with E-state index < -0.39 is 0 Å². The maximum atomic E-state index is 3.84. The van der Waals surface area contributed by atoms with Gasteiger partial charge in [0.2, 0.25) is 0 Å². The Morgan fingerprint density at radius 1 is 1.50 bits per heavy atom. The molecule has 1 heterocycles. The van der Waals surface area contributed by atoms with Gasteiger partial charge in [0.15, 0.2) is 0 Å². The number of aliphatic imine (C=N–C) groups is 1. The van der Waals surface area contributed by atoms with Gasteiger partial charge in [-0.3, -0.25) is 4.99 Å². The molecule has 2 nitrogen and oxygen atoms in total. The van der Waals surface area contributed by atoms with Crippen molar-refractivity contribution < 1.29 is 0 Å². The zero-order valence-electron chi connectivity index (χ0n) is 11.2. The zero-order valence-corrected chi connectivity index (χ0v) is 11.2. The second-order valence-corrected chi connectivity index (χ2v) is 3.87. The van der Waals surface area contributed by atoms with Crippen LogP contribution in [0, 0.1) is 0 Å². The van der Waals surface area contributed by atoms with Crippen molar-refractivity contribution in [3.8, 4) is 0 Å². The molecule has 16 heavy (non-hydrogen) atoms. The Hall–Kier alpha value is -0.890. The van der Waals surface area contributed by atoms with E-state index in [9.17, 15) is 0 Å². The van der Waals surface area contributed by atoms with E-state index >= 15 is 0 Å². The number of rotatable bonds is 4. The molecule has 0 aromatic carbocycles. The van der Waals surface area contributed by atoms with Crippen LogP contribution in [0.1, 0.15) is 40.0 Å². The molecule has 0 radical (unpaired) electrons. The zero-order chi connectivity index (χ0) is 12.4. The van der Waals surface area contributed by atoms with Gasteiger partial charge in [-0.25, -0.2) is 0 Å². The van der Waals surface area contributed by atoms with Crippen LogP contribution in [-0.2, 0) is 0 Å². The van der Waals surface area contributed by atoms with Crippen LogP contribution in [0.15, 0.2) is 28.9 Å². The van der Waals surface area contributed by atoms with Crippen LogP contribution in [-0.4, -0.2) is 31.3 Å². The van der Waals surface area contributed by atoms with Gasteiger partial charge in [0.1, 0.15) is 0 Å². The first-order valence-electron chi connectivity index (χ1n) is 6.25. The first-order valence-corrected chi connectivity index (χ1v) is 6.25. The molecule has 1 saturated heterocycles. The molecule has 1 fully saturated rings. The number of allylic oxidation sites excluding steroid dienone is 2. The quantitative estimate of drug-likeness (QED) is 0.523. The Bertz CT molecular complexity index is 241. The van der Waals surface area contributed by atoms with Crippen molar-refractivity contribution in [2.24, 2.45) is 4.99 Å². The Balaban J connectivity index is 0.00000106. The lowest BCUT2D eigenvalue weighted by atomic mass is 10.0. The third-order valence-electron chi connectivity index (χ3n) is 2.78. The van der Waals surface area contributed by atoms with Crippen LogP contribution < -0.4 is 0 Å². The fraction of sp³-hybridized carbons (Fsp3) is 0.643. The lowest BCUT2D eigenvalue weighted by Crippen LogP contribution is -2.24. The fourth-order valence-electron chi connectivity index (χ4n) is 2.00. The average molecular weight is 222 g/mol. The molecule has 0 saturated carbocycles. The SMILES string of the molecule is C=N/C=C(\C=C/C)CC1CCCN1C.CC. The number of nitrogens with zero attached hydrogens (tertiary/aromatic N) is 2. The molecule has 0 aromatic heterocycles. The van der Waals surface area contributed by atoms with Gasteiger partial charge < -0.3 is 4.90 Å². The molecule has 1 aliphatic rings. The molecule has 1 aliphatic heterocycles. The molecular weight excluding hydrogens is 196 g/mol. The summed E-state index contributed by atoms with van der Waals surface area (Å²) in [6.07, 6.45) is 9.78. The van der Waals surface area contributed by atoms with Crippen molar-refractivity contribution in [2.45, 2.75) is 46.1 Å². The summed E-state index contributed by atoms with van der Waals surface area (Å²) in [6, 6.07) is 0.694. The Morgan fingerprint density at radius 3 is 2.62 bits per heavy atom. The van der Waals surface area contributed by atoms with Crippen molar-refractivity contribution in [3.05, 3.63) is 23.9 Å². The van der Waals surface area contributed by atoms with Crippen LogP contribution in [0.4, 0.5) is 0 Å². The summed E-state index contributed by atoms with van der Waals surface area (Å²) in [5.41, 5.74) is 1.28. The number of hydrogen-bond acceptors (Lipinski definition) is 2. The molecule has 2 heteroatoms. The Morgan fingerprint density at radius 2 is 2.19 bits per heavy atom. The maximum absolute atomic E-state index is 3.84. The third kappa shape index (κ3) is 5.26. The highest BCUT2D eigenvalue weighted by molar-refractivity contribution is 5.29. The predicted octanol–water partition coefficient (Wildman–Crippen LogP) is 3.66. The van der Waals surface area contributed by atoms with E-state index in [1.807, 2.05) is 27.0 Å². The van der Waals surface area contributed by atoms with Crippen LogP contribution in [0.2, 0.25) is 0 Å². The highest BCUT2D eigenvalue weighted by Gasteiger charge is 2.20. The second-order valence-electron chi connectivity index (χ2n) is 3.87. The maximum Gasteiger partial charge on any atom is 0.0293 e. The summed E-state index contributed by atoms with van der Waals surface area (Å²) in [5, 5.41) is 0. The highest BCUT2D eigenvalue weighted by atomic mass is 15.1. The topological polar surface area (TPSA) is 15.6 Å². The lowest BCUT2D eigenvalue weighted by Gasteiger charge is -2.19. The summed E-state index contributed by atoms with van der Waals surface area (Å²) >= 11 is 0. The molecule has 1 unspecified atom stereocenters. The first-order chi connectivity index (χ1) is 7.77. The van der Waals surface area contributed by atoms with Crippen LogP contribution >= 0.6 is 0 Å². The third-order valence-corrected chi connectivity index (χ3v) is 2.78. The standard InChI is InChI=1S/C12H20N2.C2H6/c1-4-6-11(10-13-2)9-12-7-5-8-14(12)3;1-2/h4,6,10,12H,2,5,7-9H2,1,3H3;1-2H3/b6-4-,11-10+;. The molecule has 0 aliphatic carbocycles. The van der Waals surface area contributed by atoms with Gasteiger partial charge >= 0.3 is 0 Å². The Kier molecular flexibility index (Phi) is 8.82. The molecule has 92 valence electrons. The summed E-state index contributed by atoms with van der Waals surface area (Å²) in [4.78, 5) is 6.27. The highest BCUT2D eigenvalue weighted by Crippen LogP contribution is 2.22. The number of likely N-dealkylation sites (tertiary alicyclic amines) is 1. The van der Waals surface area contributed by atoms with Crippen LogP contribution in [0.5, 0.6) is 0 Å². The molecule has 0 bridgehead atoms. The average Bonchev–Trinajstić information content (AvgIpc) is 2.68. The van der Waals surface area contributed by atoms with Gasteiger partial charge in [-0.1, -0.05) is 26.0 Å². The molecule has 0 amide bonds. The molecule has 1 atom stereocenters. The monoisotopic (exact) mass is 222 g/mol. The van der Waals surface area contributed by atoms with E-state index in [2.05, 4.69) is 35.8 Å². The normalized spacial score (nSPS) is 22.0. The fourth-order valence-corrected chi connectivity index (χ4v) is 2.00. The Labute approximate surface area is 101 Å². The minimum atomic E-state index is 0.694. The van der Waals surface area contributed by atoms with Crippen LogP contribution in [0.3, 0.4) is 0 Å². The van der Waals surface area contributed by atoms with Crippen molar-refractivity contribution in [1.82, 2.24) is 4.90 Å². The smallest absolute Gasteiger partial charge is 0.0293 e. The first kappa shape index (κ1) is 15.1. The van der Waals surface area contributed by atoms with E-state index in [0.29, 0.717) is 6.04 Å². The van der Waals surface area contributed by atoms with Gasteiger partial charge in [0, 0.05) is 12.2 Å². The van der Waals surface area contributed by atoms with Gasteiger partial charge in [-0.15, -0.1) is 0 Å². The van der Waals surface area contributed by atoms with Gasteiger partial charge in [-0.05, 0) is 52.1 Å². The summed E-state index contributed by atoms with van der Waals surface area (Å²) < 4.78 is 0. The van der Waals surface area contributed by atoms with Gasteiger partial charge in [0.25, 0.3) is 0 Å². The van der Waals surface area contributed by atoms with Crippen molar-refractivity contribution in [3.63, 3.8) is 0 Å². The molecular formula is C14H26N2. The minimum Gasteiger partial charge on any atom is -0.303 e. The summed E-state index contributed by atoms with van der Waals surface area (Å²) in [7, 11) is 2.20. The predicted molar refractivity (Wildman–Crippen MR) is 74.1 cm³/mol. The molecule has 0 aromatic rings. The van der Waals surface area contributed by atoms with E-state index in [1.54, 1.807) is 0 Å².